The number of fused-ring (bicyclic) bond motifs is 1. The van der Waals surface area contributed by atoms with Gasteiger partial charge in [-0.2, -0.15) is 21.7 Å². The van der Waals surface area contributed by atoms with Crippen LogP contribution in [0.4, 0.5) is 11.8 Å². The molecule has 2 aromatic heterocycles. The van der Waals surface area contributed by atoms with Gasteiger partial charge in [0.15, 0.2) is 17.0 Å². The highest BCUT2D eigenvalue weighted by Crippen LogP contribution is 2.32. The van der Waals surface area contributed by atoms with Crippen molar-refractivity contribution < 1.29 is 0 Å². The first-order chi connectivity index (χ1) is 12.7. The van der Waals surface area contributed by atoms with E-state index in [1.807, 2.05) is 18.1 Å². The topological polar surface area (TPSA) is 93.7 Å². The van der Waals surface area contributed by atoms with Crippen molar-refractivity contribution in [3.05, 3.63) is 6.33 Å². The third-order valence-corrected chi connectivity index (χ3v) is 6.51. The lowest BCUT2D eigenvalue weighted by Crippen LogP contribution is -2.33. The molecule has 1 unspecified atom stereocenters. The normalized spacial score (nSPS) is 26.3. The Morgan fingerprint density at radius 1 is 1.23 bits per heavy atom. The molecule has 0 radical (unpaired) electrons. The smallest absolute Gasteiger partial charge is 0.227 e. The molecule has 8 heteroatoms. The van der Waals surface area contributed by atoms with Crippen LogP contribution in [0.15, 0.2) is 6.33 Å². The van der Waals surface area contributed by atoms with E-state index in [0.717, 1.165) is 61.4 Å². The first-order valence-corrected chi connectivity index (χ1v) is 11.0. The van der Waals surface area contributed by atoms with Crippen LogP contribution in [0.2, 0.25) is 0 Å². The molecule has 1 atom stereocenters. The fourth-order valence-electron chi connectivity index (χ4n) is 3.80. The average Bonchev–Trinajstić information content (AvgIpc) is 3.31. The van der Waals surface area contributed by atoms with E-state index in [-0.39, 0.29) is 0 Å². The zero-order valence-corrected chi connectivity index (χ0v) is 16.3. The first-order valence-electron chi connectivity index (χ1n) is 9.83. The Morgan fingerprint density at radius 3 is 2.81 bits per heavy atom. The van der Waals surface area contributed by atoms with Crippen LogP contribution in [-0.2, 0) is 0 Å². The molecule has 2 aromatic rings. The Balaban J connectivity index is 1.64. The van der Waals surface area contributed by atoms with E-state index in [9.17, 15) is 0 Å². The van der Waals surface area contributed by atoms with Gasteiger partial charge in [0.05, 0.1) is 6.33 Å². The van der Waals surface area contributed by atoms with Gasteiger partial charge in [0.1, 0.15) is 0 Å². The summed E-state index contributed by atoms with van der Waals surface area (Å²) >= 11 is 2.00. The highest BCUT2D eigenvalue weighted by atomic mass is 32.2. The van der Waals surface area contributed by atoms with Crippen LogP contribution in [0.5, 0.6) is 0 Å². The quantitative estimate of drug-likeness (QED) is 0.714. The Labute approximate surface area is 158 Å². The number of imidazole rings is 1. The molecule has 26 heavy (non-hydrogen) atoms. The number of thioether (sulfide) groups is 1. The van der Waals surface area contributed by atoms with Crippen molar-refractivity contribution in [2.24, 2.45) is 5.73 Å². The largest absolute Gasteiger partial charge is 0.368 e. The Morgan fingerprint density at radius 2 is 2.08 bits per heavy atom. The van der Waals surface area contributed by atoms with Crippen molar-refractivity contribution in [2.75, 3.05) is 28.7 Å². The maximum absolute atomic E-state index is 6.04. The maximum atomic E-state index is 6.04. The van der Waals surface area contributed by atoms with Gasteiger partial charge in [-0.25, -0.2) is 4.98 Å². The lowest BCUT2D eigenvalue weighted by Gasteiger charge is -2.27. The lowest BCUT2D eigenvalue weighted by atomic mass is 9.92. The van der Waals surface area contributed by atoms with Crippen LogP contribution < -0.4 is 16.4 Å². The van der Waals surface area contributed by atoms with Crippen LogP contribution in [0.25, 0.3) is 11.2 Å². The van der Waals surface area contributed by atoms with E-state index in [0.29, 0.717) is 24.1 Å². The van der Waals surface area contributed by atoms with Crippen LogP contribution in [-0.4, -0.2) is 49.7 Å². The van der Waals surface area contributed by atoms with Crippen LogP contribution in [0.1, 0.15) is 51.5 Å². The standard InChI is InChI=1S/C18H29N7S/c1-2-8-20-16-15-17(25(11-21-15)14-7-9-26-10-14)24-18(23-16)22-13-5-3-12(19)4-6-13/h11-14H,2-10,19H2,1H3,(H2,20,22,23,24)/t12-,13-,14?. The minimum Gasteiger partial charge on any atom is -0.368 e. The predicted molar refractivity (Wildman–Crippen MR) is 109 cm³/mol. The van der Waals surface area contributed by atoms with Gasteiger partial charge in [-0.05, 0) is 44.3 Å². The number of rotatable bonds is 6. The summed E-state index contributed by atoms with van der Waals surface area (Å²) in [6.07, 6.45) is 8.47. The van der Waals surface area contributed by atoms with Crippen molar-refractivity contribution in [3.8, 4) is 0 Å². The number of nitrogens with two attached hydrogens (primary N) is 1. The molecule has 0 amide bonds. The minimum atomic E-state index is 0.347. The SMILES string of the molecule is CCCNc1nc(N[C@H]2CC[C@H](N)CC2)nc2c1ncn2C1CCSC1. The fourth-order valence-corrected chi connectivity index (χ4v) is 5.01. The van der Waals surface area contributed by atoms with E-state index in [1.165, 1.54) is 12.2 Å². The van der Waals surface area contributed by atoms with Crippen LogP contribution in [0.3, 0.4) is 0 Å². The molecular formula is C18H29N7S. The number of hydrogen-bond donors (Lipinski definition) is 3. The summed E-state index contributed by atoms with van der Waals surface area (Å²) in [7, 11) is 0. The van der Waals surface area contributed by atoms with E-state index in [1.54, 1.807) is 0 Å². The van der Waals surface area contributed by atoms with E-state index in [4.69, 9.17) is 15.7 Å². The number of nitrogens with zero attached hydrogens (tertiary/aromatic N) is 4. The molecule has 1 aliphatic heterocycles. The van der Waals surface area contributed by atoms with Gasteiger partial charge in [0.25, 0.3) is 0 Å². The number of nitrogens with one attached hydrogen (secondary N) is 2. The first kappa shape index (κ1) is 17.9. The van der Waals surface area contributed by atoms with Crippen molar-refractivity contribution in [1.82, 2.24) is 19.5 Å². The van der Waals surface area contributed by atoms with E-state index in [2.05, 4.69) is 27.1 Å². The summed E-state index contributed by atoms with van der Waals surface area (Å²) in [6, 6.07) is 1.24. The number of anilines is 2. The molecule has 4 rings (SSSR count). The molecule has 1 aliphatic carbocycles. The van der Waals surface area contributed by atoms with Crippen LogP contribution >= 0.6 is 11.8 Å². The summed E-state index contributed by atoms with van der Waals surface area (Å²) in [6.45, 7) is 3.04. The second-order valence-electron chi connectivity index (χ2n) is 7.42. The van der Waals surface area contributed by atoms with Crippen molar-refractivity contribution in [1.29, 1.82) is 0 Å². The molecule has 142 valence electrons. The molecule has 3 heterocycles. The maximum Gasteiger partial charge on any atom is 0.227 e. The van der Waals surface area contributed by atoms with Crippen molar-refractivity contribution in [3.63, 3.8) is 0 Å². The summed E-state index contributed by atoms with van der Waals surface area (Å²) < 4.78 is 2.25. The summed E-state index contributed by atoms with van der Waals surface area (Å²) in [5.41, 5.74) is 7.86. The molecule has 7 nitrogen and oxygen atoms in total. The zero-order valence-electron chi connectivity index (χ0n) is 15.4. The number of aromatic nitrogens is 4. The van der Waals surface area contributed by atoms with E-state index >= 15 is 0 Å². The third kappa shape index (κ3) is 3.76. The molecule has 2 fully saturated rings. The van der Waals surface area contributed by atoms with Gasteiger partial charge < -0.3 is 20.9 Å². The number of hydrogen-bond acceptors (Lipinski definition) is 7. The summed E-state index contributed by atoms with van der Waals surface area (Å²) in [5.74, 6) is 3.90. The van der Waals surface area contributed by atoms with Gasteiger partial charge in [0.2, 0.25) is 5.95 Å². The summed E-state index contributed by atoms with van der Waals surface area (Å²) in [4.78, 5) is 14.2. The molecule has 1 saturated heterocycles. The molecule has 1 saturated carbocycles. The van der Waals surface area contributed by atoms with Gasteiger partial charge in [-0.1, -0.05) is 6.92 Å². The Kier molecular flexibility index (Phi) is 5.49. The fraction of sp³-hybridized carbons (Fsp3) is 0.722. The van der Waals surface area contributed by atoms with Gasteiger partial charge in [0, 0.05) is 30.4 Å². The van der Waals surface area contributed by atoms with Crippen LogP contribution in [0, 0.1) is 0 Å². The predicted octanol–water partition coefficient (Wildman–Crippen LogP) is 3.01. The highest BCUT2D eigenvalue weighted by molar-refractivity contribution is 7.99. The van der Waals surface area contributed by atoms with E-state index < -0.39 is 0 Å². The molecule has 4 N–H and O–H groups in total. The zero-order chi connectivity index (χ0) is 17.9. The third-order valence-electron chi connectivity index (χ3n) is 5.37. The molecule has 2 aliphatic rings. The highest BCUT2D eigenvalue weighted by Gasteiger charge is 2.23. The Hall–Kier alpha value is -1.54. The van der Waals surface area contributed by atoms with Gasteiger partial charge in [-0.15, -0.1) is 0 Å². The average molecular weight is 376 g/mol. The van der Waals surface area contributed by atoms with Crippen molar-refractivity contribution >= 4 is 34.7 Å². The second-order valence-corrected chi connectivity index (χ2v) is 8.57. The second kappa shape index (κ2) is 8.00. The van der Waals surface area contributed by atoms with Gasteiger partial charge >= 0.3 is 0 Å². The lowest BCUT2D eigenvalue weighted by molar-refractivity contribution is 0.410. The molecular weight excluding hydrogens is 346 g/mol. The minimum absolute atomic E-state index is 0.347. The molecule has 0 spiro atoms. The monoisotopic (exact) mass is 375 g/mol. The van der Waals surface area contributed by atoms with Gasteiger partial charge in [-0.3, -0.25) is 0 Å². The Bertz CT molecular complexity index is 732. The van der Waals surface area contributed by atoms with Crippen molar-refractivity contribution in [2.45, 2.75) is 63.6 Å². The summed E-state index contributed by atoms with van der Waals surface area (Å²) in [5, 5.41) is 6.99. The molecule has 0 bridgehead atoms. The molecule has 0 aromatic carbocycles.